The van der Waals surface area contributed by atoms with Crippen molar-refractivity contribution in [3.63, 3.8) is 0 Å². The minimum Gasteiger partial charge on any atom is -0.381 e. The average Bonchev–Trinajstić information content (AvgIpc) is 2.57. The molecule has 2 aliphatic rings. The average molecular weight is 206 g/mol. The Kier molecular flexibility index (Phi) is 1.96. The van der Waals surface area contributed by atoms with Crippen LogP contribution in [0.4, 0.5) is 10.1 Å². The largest absolute Gasteiger partial charge is 0.381 e. The number of hydrogen-bond acceptors (Lipinski definition) is 2. The molecule has 2 atom stereocenters. The maximum Gasteiger partial charge on any atom is 0.128 e. The number of likely N-dealkylation sites (tertiary alicyclic amines) is 1. The van der Waals surface area contributed by atoms with Crippen molar-refractivity contribution in [2.75, 3.05) is 25.5 Å². The number of hydrogen-bond donors (Lipinski definition) is 1. The van der Waals surface area contributed by atoms with E-state index in [-0.39, 0.29) is 5.82 Å². The van der Waals surface area contributed by atoms with Crippen molar-refractivity contribution in [3.8, 4) is 0 Å². The highest BCUT2D eigenvalue weighted by Gasteiger charge is 2.37. The van der Waals surface area contributed by atoms with Gasteiger partial charge < -0.3 is 10.2 Å². The Balaban J connectivity index is 2.02. The minimum absolute atomic E-state index is 0.0530. The predicted octanol–water partition coefficient (Wildman–Crippen LogP) is 2.04. The molecule has 0 aromatic heterocycles. The highest BCUT2D eigenvalue weighted by molar-refractivity contribution is 5.60. The first kappa shape index (κ1) is 9.16. The lowest BCUT2D eigenvalue weighted by Gasteiger charge is -2.32. The van der Waals surface area contributed by atoms with Crippen LogP contribution in [0.5, 0.6) is 0 Å². The lowest BCUT2D eigenvalue weighted by Crippen LogP contribution is -2.39. The summed E-state index contributed by atoms with van der Waals surface area (Å²) in [5.74, 6) is 0.280. The van der Waals surface area contributed by atoms with Crippen LogP contribution in [-0.2, 0) is 0 Å². The molecule has 1 saturated heterocycles. The molecule has 2 nitrogen and oxygen atoms in total. The Hall–Kier alpha value is -1.09. The first-order valence-electron chi connectivity index (χ1n) is 5.49. The predicted molar refractivity (Wildman–Crippen MR) is 58.7 cm³/mol. The Labute approximate surface area is 89.1 Å². The van der Waals surface area contributed by atoms with Crippen LogP contribution in [0.3, 0.4) is 0 Å². The van der Waals surface area contributed by atoms with Crippen LogP contribution in [0.15, 0.2) is 18.2 Å². The molecule has 2 unspecified atom stereocenters. The molecular formula is C12H15FN2. The Morgan fingerprint density at radius 2 is 2.33 bits per heavy atom. The van der Waals surface area contributed by atoms with Crippen molar-refractivity contribution in [3.05, 3.63) is 29.6 Å². The van der Waals surface area contributed by atoms with E-state index in [1.807, 2.05) is 6.07 Å². The number of piperidine rings is 1. The van der Waals surface area contributed by atoms with Crippen molar-refractivity contribution < 1.29 is 4.39 Å². The number of fused-ring (bicyclic) bond motifs is 3. The molecule has 1 N–H and O–H groups in total. The maximum absolute atomic E-state index is 13.7. The van der Waals surface area contributed by atoms with Gasteiger partial charge in [-0.15, -0.1) is 0 Å². The van der Waals surface area contributed by atoms with Crippen LogP contribution >= 0.6 is 0 Å². The van der Waals surface area contributed by atoms with Gasteiger partial charge in [0.1, 0.15) is 5.82 Å². The summed E-state index contributed by atoms with van der Waals surface area (Å²) in [6.45, 7) is 2.06. The first-order valence-corrected chi connectivity index (χ1v) is 5.49. The Morgan fingerprint density at radius 3 is 3.20 bits per heavy atom. The van der Waals surface area contributed by atoms with Gasteiger partial charge in [-0.1, -0.05) is 6.07 Å². The topological polar surface area (TPSA) is 15.3 Å². The molecule has 0 amide bonds. The van der Waals surface area contributed by atoms with Gasteiger partial charge in [0.05, 0.1) is 0 Å². The zero-order valence-corrected chi connectivity index (χ0v) is 8.83. The highest BCUT2D eigenvalue weighted by Crippen LogP contribution is 2.40. The van der Waals surface area contributed by atoms with Crippen LogP contribution in [0, 0.1) is 5.82 Å². The molecule has 3 rings (SSSR count). The normalized spacial score (nSPS) is 29.5. The third-order valence-electron chi connectivity index (χ3n) is 3.58. The van der Waals surface area contributed by atoms with Gasteiger partial charge in [0.15, 0.2) is 0 Å². The molecule has 3 heteroatoms. The standard InChI is InChI=1S/C12H15FN2/c1-15-6-5-10-8(7-15)12-9(13)3-2-4-11(12)14-10/h2-4,8,10,14H,5-7H2,1H3. The van der Waals surface area contributed by atoms with Crippen LogP contribution in [0.2, 0.25) is 0 Å². The van der Waals surface area contributed by atoms with Crippen molar-refractivity contribution in [2.45, 2.75) is 18.4 Å². The third-order valence-corrected chi connectivity index (χ3v) is 3.58. The van der Waals surface area contributed by atoms with Crippen molar-refractivity contribution >= 4 is 5.69 Å². The van der Waals surface area contributed by atoms with E-state index in [0.717, 1.165) is 30.8 Å². The van der Waals surface area contributed by atoms with E-state index in [1.54, 1.807) is 12.1 Å². The van der Waals surface area contributed by atoms with E-state index in [9.17, 15) is 4.39 Å². The summed E-state index contributed by atoms with van der Waals surface area (Å²) in [5, 5.41) is 3.43. The SMILES string of the molecule is CN1CCC2Nc3cccc(F)c3C2C1. The molecule has 80 valence electrons. The number of nitrogens with one attached hydrogen (secondary N) is 1. The van der Waals surface area contributed by atoms with E-state index in [4.69, 9.17) is 0 Å². The molecule has 15 heavy (non-hydrogen) atoms. The number of likely N-dealkylation sites (N-methyl/N-ethyl adjacent to an activating group) is 1. The van der Waals surface area contributed by atoms with Gasteiger partial charge in [0, 0.05) is 29.8 Å². The molecule has 2 heterocycles. The first-order chi connectivity index (χ1) is 7.25. The smallest absolute Gasteiger partial charge is 0.128 e. The van der Waals surface area contributed by atoms with E-state index in [2.05, 4.69) is 17.3 Å². The monoisotopic (exact) mass is 206 g/mol. The maximum atomic E-state index is 13.7. The third kappa shape index (κ3) is 1.34. The van der Waals surface area contributed by atoms with Crippen LogP contribution in [-0.4, -0.2) is 31.1 Å². The van der Waals surface area contributed by atoms with E-state index in [0.29, 0.717) is 12.0 Å². The Bertz CT molecular complexity index is 391. The molecule has 1 aromatic carbocycles. The van der Waals surface area contributed by atoms with Crippen molar-refractivity contribution in [1.82, 2.24) is 4.90 Å². The number of halogens is 1. The fourth-order valence-corrected chi connectivity index (χ4v) is 2.82. The summed E-state index contributed by atoms with van der Waals surface area (Å²) in [5.41, 5.74) is 1.90. The fraction of sp³-hybridized carbons (Fsp3) is 0.500. The molecule has 0 saturated carbocycles. The number of rotatable bonds is 0. The van der Waals surface area contributed by atoms with Gasteiger partial charge in [0.25, 0.3) is 0 Å². The van der Waals surface area contributed by atoms with Crippen molar-refractivity contribution in [2.24, 2.45) is 0 Å². The summed E-state index contributed by atoms with van der Waals surface area (Å²) in [7, 11) is 2.11. The molecule has 0 aliphatic carbocycles. The summed E-state index contributed by atoms with van der Waals surface area (Å²) in [6.07, 6.45) is 1.11. The van der Waals surface area contributed by atoms with Gasteiger partial charge in [-0.3, -0.25) is 0 Å². The number of benzene rings is 1. The number of anilines is 1. The molecule has 2 aliphatic heterocycles. The van der Waals surface area contributed by atoms with Crippen LogP contribution in [0.1, 0.15) is 17.9 Å². The summed E-state index contributed by atoms with van der Waals surface area (Å²) >= 11 is 0. The van der Waals surface area contributed by atoms with Crippen molar-refractivity contribution in [1.29, 1.82) is 0 Å². The molecular weight excluding hydrogens is 191 g/mol. The second-order valence-corrected chi connectivity index (χ2v) is 4.61. The summed E-state index contributed by atoms with van der Waals surface area (Å²) in [4.78, 5) is 2.28. The molecule has 0 bridgehead atoms. The highest BCUT2D eigenvalue weighted by atomic mass is 19.1. The zero-order chi connectivity index (χ0) is 10.4. The van der Waals surface area contributed by atoms with Gasteiger partial charge in [-0.2, -0.15) is 0 Å². The van der Waals surface area contributed by atoms with Crippen LogP contribution in [0.25, 0.3) is 0 Å². The lowest BCUT2D eigenvalue weighted by atomic mass is 9.89. The van der Waals surface area contributed by atoms with Gasteiger partial charge in [-0.25, -0.2) is 4.39 Å². The van der Waals surface area contributed by atoms with E-state index < -0.39 is 0 Å². The summed E-state index contributed by atoms with van der Waals surface area (Å²) in [6, 6.07) is 5.77. The fourth-order valence-electron chi connectivity index (χ4n) is 2.82. The molecule has 1 fully saturated rings. The molecule has 0 spiro atoms. The van der Waals surface area contributed by atoms with Crippen LogP contribution < -0.4 is 5.32 Å². The van der Waals surface area contributed by atoms with E-state index in [1.165, 1.54) is 0 Å². The number of nitrogens with zero attached hydrogens (tertiary/aromatic N) is 1. The van der Waals surface area contributed by atoms with E-state index >= 15 is 0 Å². The van der Waals surface area contributed by atoms with Gasteiger partial charge >= 0.3 is 0 Å². The second-order valence-electron chi connectivity index (χ2n) is 4.61. The molecule has 0 radical (unpaired) electrons. The Morgan fingerprint density at radius 1 is 1.47 bits per heavy atom. The van der Waals surface area contributed by atoms with Gasteiger partial charge in [-0.05, 0) is 32.1 Å². The zero-order valence-electron chi connectivity index (χ0n) is 8.83. The quantitative estimate of drug-likeness (QED) is 0.698. The molecule has 1 aromatic rings. The second kappa shape index (κ2) is 3.20. The summed E-state index contributed by atoms with van der Waals surface area (Å²) < 4.78 is 13.7. The lowest BCUT2D eigenvalue weighted by molar-refractivity contribution is 0.241. The minimum atomic E-state index is -0.0530. The van der Waals surface area contributed by atoms with Gasteiger partial charge in [0.2, 0.25) is 0 Å².